The molecule has 4 aliphatic heterocycles. The van der Waals surface area contributed by atoms with E-state index in [2.05, 4.69) is 20.1 Å². The van der Waals surface area contributed by atoms with Gasteiger partial charge in [-0.05, 0) is 38.8 Å². The van der Waals surface area contributed by atoms with E-state index in [1.54, 1.807) is 0 Å². The molecule has 0 spiro atoms. The highest BCUT2D eigenvalue weighted by molar-refractivity contribution is 5.80. The fourth-order valence-electron chi connectivity index (χ4n) is 5.15. The Morgan fingerprint density at radius 1 is 1.04 bits per heavy atom. The summed E-state index contributed by atoms with van der Waals surface area (Å²) in [5, 5.41) is 3.61. The Kier molecular flexibility index (Phi) is 4.76. The summed E-state index contributed by atoms with van der Waals surface area (Å²) in [6.07, 6.45) is 9.18. The monoisotopic (exact) mass is 320 g/mol. The van der Waals surface area contributed by atoms with Crippen LogP contribution in [0.15, 0.2) is 4.99 Å². The van der Waals surface area contributed by atoms with Crippen molar-refractivity contribution in [3.05, 3.63) is 0 Å². The molecule has 4 rings (SSSR count). The van der Waals surface area contributed by atoms with E-state index in [0.717, 1.165) is 44.0 Å². The minimum Gasteiger partial charge on any atom is -0.374 e. The van der Waals surface area contributed by atoms with Crippen LogP contribution in [-0.2, 0) is 4.74 Å². The minimum absolute atomic E-state index is 0.533. The summed E-state index contributed by atoms with van der Waals surface area (Å²) in [7, 11) is 1.92. The van der Waals surface area contributed by atoms with Gasteiger partial charge in [-0.15, -0.1) is 0 Å². The van der Waals surface area contributed by atoms with Crippen molar-refractivity contribution in [2.24, 2.45) is 16.8 Å². The van der Waals surface area contributed by atoms with Gasteiger partial charge in [-0.2, -0.15) is 0 Å². The second kappa shape index (κ2) is 6.98. The van der Waals surface area contributed by atoms with Crippen LogP contribution >= 0.6 is 0 Å². The summed E-state index contributed by atoms with van der Waals surface area (Å²) in [6, 6.07) is 0. The molecule has 0 saturated carbocycles. The van der Waals surface area contributed by atoms with Gasteiger partial charge < -0.3 is 19.9 Å². The van der Waals surface area contributed by atoms with Crippen LogP contribution in [0, 0.1) is 11.8 Å². The van der Waals surface area contributed by atoms with Gasteiger partial charge in [0.25, 0.3) is 0 Å². The van der Waals surface area contributed by atoms with Crippen molar-refractivity contribution in [2.45, 2.75) is 50.7 Å². The highest BCUT2D eigenvalue weighted by Gasteiger charge is 2.53. The summed E-state index contributed by atoms with van der Waals surface area (Å²) in [5.41, 5.74) is 0. The fraction of sp³-hybridized carbons (Fsp3) is 0.944. The first-order valence-corrected chi connectivity index (χ1v) is 9.68. The van der Waals surface area contributed by atoms with Crippen molar-refractivity contribution in [2.75, 3.05) is 46.3 Å². The quantitative estimate of drug-likeness (QED) is 0.633. The first kappa shape index (κ1) is 15.7. The number of hydrogen-bond donors (Lipinski definition) is 1. The number of likely N-dealkylation sites (tertiary alicyclic amines) is 2. The fourth-order valence-corrected chi connectivity index (χ4v) is 5.15. The lowest BCUT2D eigenvalue weighted by molar-refractivity contribution is 0.0767. The average molecular weight is 320 g/mol. The summed E-state index contributed by atoms with van der Waals surface area (Å²) in [4.78, 5) is 9.63. The second-order valence-corrected chi connectivity index (χ2v) is 7.75. The third kappa shape index (κ3) is 3.22. The molecule has 4 saturated heterocycles. The van der Waals surface area contributed by atoms with E-state index in [1.165, 1.54) is 51.6 Å². The van der Waals surface area contributed by atoms with E-state index in [0.29, 0.717) is 12.2 Å². The molecule has 4 atom stereocenters. The Morgan fingerprint density at radius 3 is 2.30 bits per heavy atom. The highest BCUT2D eigenvalue weighted by Crippen LogP contribution is 2.47. The van der Waals surface area contributed by atoms with Gasteiger partial charge in [0.05, 0.1) is 12.2 Å². The van der Waals surface area contributed by atoms with Crippen LogP contribution in [0.1, 0.15) is 38.5 Å². The minimum atomic E-state index is 0.533. The second-order valence-electron chi connectivity index (χ2n) is 7.75. The Morgan fingerprint density at radius 2 is 1.70 bits per heavy atom. The lowest BCUT2D eigenvalue weighted by Gasteiger charge is -2.25. The van der Waals surface area contributed by atoms with E-state index in [4.69, 9.17) is 4.74 Å². The molecule has 5 nitrogen and oxygen atoms in total. The summed E-state index contributed by atoms with van der Waals surface area (Å²) in [5.74, 6) is 2.60. The molecule has 4 heterocycles. The molecule has 4 unspecified atom stereocenters. The zero-order chi connectivity index (χ0) is 15.6. The van der Waals surface area contributed by atoms with Gasteiger partial charge in [-0.3, -0.25) is 4.99 Å². The zero-order valence-corrected chi connectivity index (χ0v) is 14.5. The van der Waals surface area contributed by atoms with Gasteiger partial charge in [-0.25, -0.2) is 0 Å². The van der Waals surface area contributed by atoms with E-state index in [9.17, 15) is 0 Å². The smallest absolute Gasteiger partial charge is 0.193 e. The van der Waals surface area contributed by atoms with E-state index in [1.807, 2.05) is 7.05 Å². The molecule has 1 N–H and O–H groups in total. The van der Waals surface area contributed by atoms with E-state index in [-0.39, 0.29) is 0 Å². The van der Waals surface area contributed by atoms with Gasteiger partial charge in [0.15, 0.2) is 5.96 Å². The molecule has 130 valence electrons. The van der Waals surface area contributed by atoms with Crippen molar-refractivity contribution in [1.29, 1.82) is 0 Å². The lowest BCUT2D eigenvalue weighted by atomic mass is 9.82. The molecule has 0 aromatic rings. The van der Waals surface area contributed by atoms with Crippen molar-refractivity contribution < 1.29 is 4.74 Å². The Hall–Kier alpha value is -0.810. The maximum Gasteiger partial charge on any atom is 0.193 e. The number of rotatable bonds is 3. The van der Waals surface area contributed by atoms with Crippen molar-refractivity contribution >= 4 is 5.96 Å². The molecular weight excluding hydrogens is 288 g/mol. The van der Waals surface area contributed by atoms with Crippen molar-refractivity contribution in [1.82, 2.24) is 15.1 Å². The number of ether oxygens (including phenoxy) is 1. The summed E-state index contributed by atoms with van der Waals surface area (Å²) in [6.45, 7) is 6.98. The van der Waals surface area contributed by atoms with E-state index < -0.39 is 0 Å². The molecule has 5 heteroatoms. The molecule has 2 bridgehead atoms. The lowest BCUT2D eigenvalue weighted by Crippen LogP contribution is -2.44. The van der Waals surface area contributed by atoms with Crippen LogP contribution < -0.4 is 5.32 Å². The Balaban J connectivity index is 1.25. The highest BCUT2D eigenvalue weighted by atomic mass is 16.5. The van der Waals surface area contributed by atoms with Gasteiger partial charge in [0.2, 0.25) is 0 Å². The van der Waals surface area contributed by atoms with Crippen LogP contribution in [0.4, 0.5) is 0 Å². The molecular formula is C18H32N4O. The molecule has 4 aliphatic rings. The maximum absolute atomic E-state index is 6.08. The molecule has 0 aliphatic carbocycles. The normalized spacial score (nSPS) is 38.0. The Labute approximate surface area is 140 Å². The number of nitrogens with zero attached hydrogens (tertiary/aromatic N) is 3. The van der Waals surface area contributed by atoms with Gasteiger partial charge in [0.1, 0.15) is 0 Å². The average Bonchev–Trinajstić information content (AvgIpc) is 3.21. The van der Waals surface area contributed by atoms with Crippen LogP contribution in [-0.4, -0.2) is 74.3 Å². The predicted molar refractivity (Wildman–Crippen MR) is 92.7 cm³/mol. The number of hydrogen-bond acceptors (Lipinski definition) is 3. The molecule has 0 aromatic carbocycles. The van der Waals surface area contributed by atoms with Gasteiger partial charge >= 0.3 is 0 Å². The van der Waals surface area contributed by atoms with E-state index >= 15 is 0 Å². The number of guanidine groups is 1. The summed E-state index contributed by atoms with van der Waals surface area (Å²) >= 11 is 0. The summed E-state index contributed by atoms with van der Waals surface area (Å²) < 4.78 is 6.08. The van der Waals surface area contributed by atoms with Crippen LogP contribution in [0.5, 0.6) is 0 Å². The molecule has 23 heavy (non-hydrogen) atoms. The van der Waals surface area contributed by atoms with Crippen LogP contribution in [0.2, 0.25) is 0 Å². The standard InChI is InChI=1S/C18H32N4O/c1-19-18(20-8-11-21-9-4-2-3-5-10-21)22-12-14-15(13-22)17-7-6-16(14)23-17/h14-17H,2-13H2,1H3,(H,19,20). The third-order valence-electron chi connectivity index (χ3n) is 6.37. The SMILES string of the molecule is CN=C(NCCN1CCCCCC1)N1CC2C3CCC(O3)C2C1. The zero-order valence-electron chi connectivity index (χ0n) is 14.5. The first-order chi connectivity index (χ1) is 11.3. The molecule has 4 fully saturated rings. The van der Waals surface area contributed by atoms with Crippen LogP contribution in [0.25, 0.3) is 0 Å². The van der Waals surface area contributed by atoms with Crippen molar-refractivity contribution in [3.8, 4) is 0 Å². The van der Waals surface area contributed by atoms with Crippen molar-refractivity contribution in [3.63, 3.8) is 0 Å². The maximum atomic E-state index is 6.08. The third-order valence-corrected chi connectivity index (χ3v) is 6.37. The predicted octanol–water partition coefficient (Wildman–Crippen LogP) is 1.55. The molecule has 0 aromatic heterocycles. The van der Waals surface area contributed by atoms with Gasteiger partial charge in [-0.1, -0.05) is 12.8 Å². The number of fused-ring (bicyclic) bond motifs is 5. The first-order valence-electron chi connectivity index (χ1n) is 9.68. The number of aliphatic imine (C=N–C) groups is 1. The Bertz CT molecular complexity index is 415. The van der Waals surface area contributed by atoms with Crippen LogP contribution in [0.3, 0.4) is 0 Å². The van der Waals surface area contributed by atoms with Gasteiger partial charge in [0, 0.05) is 45.1 Å². The topological polar surface area (TPSA) is 40.1 Å². The molecule has 0 radical (unpaired) electrons. The molecule has 0 amide bonds. The largest absolute Gasteiger partial charge is 0.374 e. The number of nitrogens with one attached hydrogen (secondary N) is 1.